The summed E-state index contributed by atoms with van der Waals surface area (Å²) in [5.41, 5.74) is 2.69. The van der Waals surface area contributed by atoms with Crippen LogP contribution in [0.15, 0.2) is 71.1 Å². The molecule has 0 aliphatic heterocycles. The lowest BCUT2D eigenvalue weighted by molar-refractivity contribution is -0.138. The molecule has 32 heavy (non-hydrogen) atoms. The van der Waals surface area contributed by atoms with E-state index in [0.29, 0.717) is 28.3 Å². The van der Waals surface area contributed by atoms with E-state index >= 15 is 0 Å². The van der Waals surface area contributed by atoms with Gasteiger partial charge in [-0.05, 0) is 61.2 Å². The lowest BCUT2D eigenvalue weighted by Crippen LogP contribution is -2.42. The number of carbonyl (C=O) groups is 1. The van der Waals surface area contributed by atoms with Crippen molar-refractivity contribution in [2.75, 3.05) is 4.31 Å². The number of para-hydroxylation sites is 1. The van der Waals surface area contributed by atoms with Gasteiger partial charge in [0, 0.05) is 27.1 Å². The monoisotopic (exact) mass is 470 g/mol. The molecule has 0 fully saturated rings. The number of hydrogen-bond donors (Lipinski definition) is 1. The van der Waals surface area contributed by atoms with Gasteiger partial charge in [-0.2, -0.15) is 0 Å². The molecule has 6 nitrogen and oxygen atoms in total. The zero-order valence-corrected chi connectivity index (χ0v) is 18.6. The predicted molar refractivity (Wildman–Crippen MR) is 126 cm³/mol. The van der Waals surface area contributed by atoms with Crippen LogP contribution >= 0.6 is 11.6 Å². The first-order chi connectivity index (χ1) is 15.4. The van der Waals surface area contributed by atoms with Gasteiger partial charge in [0.05, 0.1) is 5.69 Å². The summed E-state index contributed by atoms with van der Waals surface area (Å²) >= 11 is 3.14. The number of hydrogen-bond acceptors (Lipinski definition) is 4. The fourth-order valence-electron chi connectivity index (χ4n) is 3.88. The van der Waals surface area contributed by atoms with Gasteiger partial charge in [0.25, 0.3) is 0 Å². The third-order valence-corrected chi connectivity index (χ3v) is 6.49. The molecule has 1 heterocycles. The molecule has 0 aliphatic rings. The number of aliphatic carboxylic acids is 1. The number of benzene rings is 3. The Kier molecular flexibility index (Phi) is 6.79. The SMILES string of the molecule is O=C(O)C(CCCCc1ccc(Cl)cc1)N(c1ccc2oc3ccccc3c2c1)S(=O)[O-]. The molecule has 0 aliphatic carbocycles. The first-order valence-corrected chi connectivity index (χ1v) is 11.6. The Balaban J connectivity index is 1.54. The highest BCUT2D eigenvalue weighted by Gasteiger charge is 2.27. The zero-order valence-electron chi connectivity index (χ0n) is 17.1. The van der Waals surface area contributed by atoms with Crippen molar-refractivity contribution in [2.45, 2.75) is 31.7 Å². The van der Waals surface area contributed by atoms with Gasteiger partial charge in [0.15, 0.2) is 0 Å². The second-order valence-electron chi connectivity index (χ2n) is 7.55. The lowest BCUT2D eigenvalue weighted by Gasteiger charge is -2.32. The fourth-order valence-corrected chi connectivity index (χ4v) is 4.70. The van der Waals surface area contributed by atoms with Gasteiger partial charge in [0.2, 0.25) is 0 Å². The molecule has 4 aromatic rings. The quantitative estimate of drug-likeness (QED) is 0.250. The van der Waals surface area contributed by atoms with Crippen molar-refractivity contribution in [1.29, 1.82) is 0 Å². The predicted octanol–water partition coefficient (Wildman–Crippen LogP) is 5.71. The summed E-state index contributed by atoms with van der Waals surface area (Å²) in [6.45, 7) is 0. The molecule has 0 bridgehead atoms. The summed E-state index contributed by atoms with van der Waals surface area (Å²) in [5, 5.41) is 12.0. The molecule has 4 rings (SSSR count). The normalized spacial score (nSPS) is 13.3. The third-order valence-electron chi connectivity index (χ3n) is 5.45. The maximum Gasteiger partial charge on any atom is 0.327 e. The molecule has 0 spiro atoms. The Morgan fingerprint density at radius 1 is 1.03 bits per heavy atom. The number of anilines is 1. The van der Waals surface area contributed by atoms with Gasteiger partial charge >= 0.3 is 5.97 Å². The zero-order chi connectivity index (χ0) is 22.7. The maximum absolute atomic E-state index is 12.1. The number of furan rings is 1. The minimum absolute atomic E-state index is 0.196. The van der Waals surface area contributed by atoms with Gasteiger partial charge < -0.3 is 14.1 Å². The topological polar surface area (TPSA) is 93.8 Å². The summed E-state index contributed by atoms with van der Waals surface area (Å²) in [6.07, 6.45) is 2.25. The Morgan fingerprint density at radius 3 is 2.47 bits per heavy atom. The van der Waals surface area contributed by atoms with Crippen LogP contribution in [0.3, 0.4) is 0 Å². The van der Waals surface area contributed by atoms with Crippen LogP contribution in [0.5, 0.6) is 0 Å². The van der Waals surface area contributed by atoms with E-state index < -0.39 is 23.3 Å². The van der Waals surface area contributed by atoms with Crippen molar-refractivity contribution < 1.29 is 23.1 Å². The van der Waals surface area contributed by atoms with Crippen LogP contribution < -0.4 is 4.31 Å². The Labute approximate surface area is 192 Å². The summed E-state index contributed by atoms with van der Waals surface area (Å²) < 4.78 is 30.9. The van der Waals surface area contributed by atoms with E-state index in [2.05, 4.69) is 0 Å². The number of carboxylic acid groups (broad SMARTS) is 1. The van der Waals surface area contributed by atoms with Gasteiger partial charge in [-0.15, -0.1) is 0 Å². The van der Waals surface area contributed by atoms with E-state index in [-0.39, 0.29) is 6.42 Å². The van der Waals surface area contributed by atoms with E-state index in [1.54, 1.807) is 18.2 Å². The number of aryl methyl sites for hydroxylation is 1. The molecule has 2 atom stereocenters. The summed E-state index contributed by atoms with van der Waals surface area (Å²) in [5.74, 6) is -1.18. The van der Waals surface area contributed by atoms with Crippen LogP contribution in [0.25, 0.3) is 21.9 Å². The molecule has 0 saturated heterocycles. The van der Waals surface area contributed by atoms with Crippen molar-refractivity contribution >= 4 is 56.5 Å². The second-order valence-corrected chi connectivity index (χ2v) is 8.81. The highest BCUT2D eigenvalue weighted by Crippen LogP contribution is 2.33. The average molecular weight is 471 g/mol. The lowest BCUT2D eigenvalue weighted by atomic mass is 10.0. The molecule has 3 aromatic carbocycles. The molecule has 0 saturated carbocycles. The molecule has 166 valence electrons. The van der Waals surface area contributed by atoms with Crippen LogP contribution in [0.1, 0.15) is 24.8 Å². The van der Waals surface area contributed by atoms with Crippen molar-refractivity contribution in [3.63, 3.8) is 0 Å². The largest absolute Gasteiger partial charge is 0.755 e. The minimum Gasteiger partial charge on any atom is -0.755 e. The maximum atomic E-state index is 12.1. The van der Waals surface area contributed by atoms with Crippen LogP contribution in [-0.2, 0) is 22.5 Å². The molecule has 8 heteroatoms. The van der Waals surface area contributed by atoms with Gasteiger partial charge in [-0.1, -0.05) is 48.4 Å². The minimum atomic E-state index is -2.76. The van der Waals surface area contributed by atoms with Crippen LogP contribution in [0, 0.1) is 0 Å². The van der Waals surface area contributed by atoms with Gasteiger partial charge in [-0.25, -0.2) is 4.79 Å². The first kappa shape index (κ1) is 22.3. The van der Waals surface area contributed by atoms with Crippen molar-refractivity contribution in [1.82, 2.24) is 0 Å². The van der Waals surface area contributed by atoms with E-state index in [4.69, 9.17) is 16.0 Å². The third kappa shape index (κ3) is 4.80. The molecule has 1 N–H and O–H groups in total. The Morgan fingerprint density at radius 2 is 1.75 bits per heavy atom. The van der Waals surface area contributed by atoms with E-state index in [0.717, 1.165) is 33.5 Å². The first-order valence-electron chi connectivity index (χ1n) is 10.2. The molecule has 2 unspecified atom stereocenters. The van der Waals surface area contributed by atoms with Gasteiger partial charge in [-0.3, -0.25) is 8.51 Å². The number of nitrogens with zero attached hydrogens (tertiary/aromatic N) is 1. The van der Waals surface area contributed by atoms with E-state index in [9.17, 15) is 18.7 Å². The number of carboxylic acids is 1. The summed E-state index contributed by atoms with van der Waals surface area (Å²) in [6, 6.07) is 18.6. The fraction of sp³-hybridized carbons (Fsp3) is 0.208. The number of unbranched alkanes of at least 4 members (excludes halogenated alkanes) is 1. The molecule has 1 aromatic heterocycles. The number of fused-ring (bicyclic) bond motifs is 3. The van der Waals surface area contributed by atoms with Gasteiger partial charge in [0.1, 0.15) is 17.2 Å². The molecule has 0 amide bonds. The Hall–Kier alpha value is -2.87. The summed E-state index contributed by atoms with van der Waals surface area (Å²) in [7, 11) is 0. The van der Waals surface area contributed by atoms with E-state index in [1.165, 1.54) is 0 Å². The molecular weight excluding hydrogens is 450 g/mol. The van der Waals surface area contributed by atoms with Crippen LogP contribution in [0.2, 0.25) is 5.02 Å². The van der Waals surface area contributed by atoms with Crippen molar-refractivity contribution in [3.8, 4) is 0 Å². The highest BCUT2D eigenvalue weighted by atomic mass is 35.5. The number of halogens is 1. The van der Waals surface area contributed by atoms with Crippen LogP contribution in [-0.4, -0.2) is 25.9 Å². The highest BCUT2D eigenvalue weighted by molar-refractivity contribution is 7.80. The van der Waals surface area contributed by atoms with Crippen molar-refractivity contribution in [3.05, 3.63) is 77.3 Å². The molecular formula is C24H21ClNO5S-. The summed E-state index contributed by atoms with van der Waals surface area (Å²) in [4.78, 5) is 12.0. The standard InChI is InChI=1S/C24H22ClNO5S/c25-17-11-9-16(10-12-17)5-1-3-7-21(24(27)28)26(32(29)30)18-13-14-23-20(15-18)19-6-2-4-8-22(19)31-23/h2,4,6,8-15,21H,1,3,5,7H2,(H,27,28)(H,29,30)/p-1. The smallest absolute Gasteiger partial charge is 0.327 e. The molecule has 0 radical (unpaired) electrons. The van der Waals surface area contributed by atoms with E-state index in [1.807, 2.05) is 48.5 Å². The van der Waals surface area contributed by atoms with Crippen molar-refractivity contribution in [2.24, 2.45) is 0 Å². The second kappa shape index (κ2) is 9.73. The van der Waals surface area contributed by atoms with Crippen LogP contribution in [0.4, 0.5) is 5.69 Å². The number of rotatable bonds is 9. The Bertz CT molecular complexity index is 1270. The average Bonchev–Trinajstić information content (AvgIpc) is 3.14.